The van der Waals surface area contributed by atoms with Gasteiger partial charge in [-0.15, -0.1) is 11.3 Å². The van der Waals surface area contributed by atoms with Crippen LogP contribution in [0.1, 0.15) is 23.1 Å². The minimum atomic E-state index is -0.492. The quantitative estimate of drug-likeness (QED) is 0.669. The predicted molar refractivity (Wildman–Crippen MR) is 105 cm³/mol. The lowest BCUT2D eigenvalue weighted by Gasteiger charge is -2.29. The number of H-pyrrole nitrogens is 1. The highest BCUT2D eigenvalue weighted by molar-refractivity contribution is 9.10. The molecule has 7 heteroatoms. The minimum Gasteiger partial charge on any atom is -0.368 e. The van der Waals surface area contributed by atoms with Gasteiger partial charge in [0.05, 0.1) is 5.69 Å². The number of thiophene rings is 1. The fraction of sp³-hybridized carbons (Fsp3) is 0.222. The highest BCUT2D eigenvalue weighted by Gasteiger charge is 2.36. The highest BCUT2D eigenvalue weighted by atomic mass is 79.9. The van der Waals surface area contributed by atoms with Gasteiger partial charge in [0.1, 0.15) is 10.0 Å². The van der Waals surface area contributed by atoms with E-state index in [1.165, 1.54) is 16.7 Å². The van der Waals surface area contributed by atoms with Gasteiger partial charge >= 0.3 is 0 Å². The van der Waals surface area contributed by atoms with Crippen LogP contribution >= 0.6 is 27.3 Å². The molecular formula is C18H17BrN4OS. The Bertz CT molecular complexity index is 1060. The van der Waals surface area contributed by atoms with Crippen LogP contribution in [-0.4, -0.2) is 15.7 Å². The van der Waals surface area contributed by atoms with E-state index in [1.54, 1.807) is 16.0 Å². The molecule has 2 aromatic heterocycles. The van der Waals surface area contributed by atoms with E-state index in [0.29, 0.717) is 16.9 Å². The summed E-state index contributed by atoms with van der Waals surface area (Å²) >= 11 is 5.04. The first-order chi connectivity index (χ1) is 11.9. The van der Waals surface area contributed by atoms with Gasteiger partial charge < -0.3 is 5.73 Å². The van der Waals surface area contributed by atoms with Gasteiger partial charge in [-0.3, -0.25) is 9.89 Å². The lowest BCUT2D eigenvalue weighted by atomic mass is 9.92. The van der Waals surface area contributed by atoms with Crippen LogP contribution in [0.15, 0.2) is 50.0 Å². The summed E-state index contributed by atoms with van der Waals surface area (Å²) < 4.78 is 2.08. The Hall–Kier alpha value is -2.12. The van der Waals surface area contributed by atoms with Crippen LogP contribution in [0, 0.1) is 6.92 Å². The second-order valence-corrected chi connectivity index (χ2v) is 8.23. The molecule has 0 bridgehead atoms. The average Bonchev–Trinajstić information content (AvgIpc) is 3.16. The number of benzene rings is 1. The van der Waals surface area contributed by atoms with Crippen molar-refractivity contribution in [2.75, 3.05) is 0 Å². The van der Waals surface area contributed by atoms with Gasteiger partial charge in [0.15, 0.2) is 0 Å². The topological polar surface area (TPSA) is 76.2 Å². The number of rotatable bonds is 2. The number of aryl methyl sites for hydroxylation is 1. The van der Waals surface area contributed by atoms with E-state index in [2.05, 4.69) is 75.6 Å². The summed E-state index contributed by atoms with van der Waals surface area (Å²) in [5.41, 5.74) is 9.85. The fourth-order valence-electron chi connectivity index (χ4n) is 3.20. The molecule has 3 heterocycles. The van der Waals surface area contributed by atoms with Gasteiger partial charge in [0, 0.05) is 11.3 Å². The molecule has 25 heavy (non-hydrogen) atoms. The molecule has 1 aromatic carbocycles. The Labute approximate surface area is 157 Å². The normalized spacial score (nSPS) is 19.6. The van der Waals surface area contributed by atoms with Crippen molar-refractivity contribution in [2.45, 2.75) is 25.8 Å². The summed E-state index contributed by atoms with van der Waals surface area (Å²) in [4.78, 5) is 17.7. The van der Waals surface area contributed by atoms with Crippen LogP contribution in [0.25, 0.3) is 11.1 Å². The van der Waals surface area contributed by atoms with Crippen molar-refractivity contribution in [2.24, 2.45) is 10.7 Å². The fourth-order valence-corrected chi connectivity index (χ4v) is 4.64. The summed E-state index contributed by atoms with van der Waals surface area (Å²) in [5, 5.41) is 4.85. The molecule has 1 atom stereocenters. The third-order valence-electron chi connectivity index (χ3n) is 4.52. The zero-order valence-electron chi connectivity index (χ0n) is 13.8. The monoisotopic (exact) mass is 416 g/mol. The zero-order valence-corrected chi connectivity index (χ0v) is 16.2. The molecule has 128 valence electrons. The SMILES string of the molecule is Cc1cccc(-c2csc([C@]3(C)Cc4c(Br)c(=O)[nH]n4C(N)=N3)c2)c1. The molecule has 4 rings (SSSR count). The molecule has 0 spiro atoms. The van der Waals surface area contributed by atoms with Crippen molar-refractivity contribution in [1.82, 2.24) is 9.78 Å². The van der Waals surface area contributed by atoms with E-state index in [1.807, 2.05) is 0 Å². The molecular weight excluding hydrogens is 400 g/mol. The number of nitrogens with two attached hydrogens (primary N) is 1. The van der Waals surface area contributed by atoms with E-state index in [-0.39, 0.29) is 5.56 Å². The van der Waals surface area contributed by atoms with Gasteiger partial charge in [0.25, 0.3) is 5.56 Å². The Balaban J connectivity index is 1.76. The van der Waals surface area contributed by atoms with Crippen LogP contribution in [0.4, 0.5) is 0 Å². The molecule has 0 unspecified atom stereocenters. The summed E-state index contributed by atoms with van der Waals surface area (Å²) in [6.07, 6.45) is 0.598. The Kier molecular flexibility index (Phi) is 3.73. The number of aliphatic imine (C=N–C) groups is 1. The number of fused-ring (bicyclic) bond motifs is 1. The number of aromatic amines is 1. The van der Waals surface area contributed by atoms with Gasteiger partial charge in [-0.2, -0.15) is 0 Å². The minimum absolute atomic E-state index is 0.191. The first-order valence-electron chi connectivity index (χ1n) is 7.88. The van der Waals surface area contributed by atoms with Crippen LogP contribution in [0.2, 0.25) is 0 Å². The summed E-state index contributed by atoms with van der Waals surface area (Å²) in [5.74, 6) is 0.303. The van der Waals surface area contributed by atoms with Crippen molar-refractivity contribution in [3.05, 3.63) is 66.7 Å². The van der Waals surface area contributed by atoms with Crippen molar-refractivity contribution in [3.8, 4) is 11.1 Å². The molecule has 3 N–H and O–H groups in total. The maximum absolute atomic E-state index is 11.9. The number of halogens is 1. The number of hydrogen-bond acceptors (Lipinski definition) is 4. The summed E-state index contributed by atoms with van der Waals surface area (Å²) in [7, 11) is 0. The van der Waals surface area contributed by atoms with Gasteiger partial charge in [0.2, 0.25) is 5.96 Å². The molecule has 3 aromatic rings. The van der Waals surface area contributed by atoms with E-state index in [4.69, 9.17) is 5.73 Å². The molecule has 0 saturated carbocycles. The lowest BCUT2D eigenvalue weighted by molar-refractivity contribution is 0.470. The predicted octanol–water partition coefficient (Wildman–Crippen LogP) is 3.61. The van der Waals surface area contributed by atoms with E-state index in [0.717, 1.165) is 10.6 Å². The molecule has 5 nitrogen and oxygen atoms in total. The van der Waals surface area contributed by atoms with E-state index in [9.17, 15) is 4.79 Å². The zero-order chi connectivity index (χ0) is 17.8. The van der Waals surface area contributed by atoms with Crippen molar-refractivity contribution < 1.29 is 0 Å². The largest absolute Gasteiger partial charge is 0.368 e. The number of aromatic nitrogens is 2. The van der Waals surface area contributed by atoms with E-state index < -0.39 is 5.54 Å². The Morgan fingerprint density at radius 3 is 2.92 bits per heavy atom. The number of hydrogen-bond donors (Lipinski definition) is 2. The maximum atomic E-state index is 11.9. The molecule has 1 aliphatic rings. The van der Waals surface area contributed by atoms with E-state index >= 15 is 0 Å². The molecule has 0 amide bonds. The second-order valence-electron chi connectivity index (χ2n) is 6.53. The standard InChI is InChI=1S/C18H17BrN4OS/c1-10-4-3-5-11(6-10)12-7-14(25-9-12)18(2)8-13-15(19)16(24)22-23(13)17(20)21-18/h3-7,9H,8H2,1-2H3,(H2,20,21)(H,22,24)/t18-/m0/s1. The van der Waals surface area contributed by atoms with Gasteiger partial charge in [-0.25, -0.2) is 9.67 Å². The highest BCUT2D eigenvalue weighted by Crippen LogP contribution is 2.39. The van der Waals surface area contributed by atoms with Crippen LogP contribution in [0.5, 0.6) is 0 Å². The molecule has 0 saturated heterocycles. The molecule has 1 aliphatic heterocycles. The number of nitrogens with one attached hydrogen (secondary N) is 1. The van der Waals surface area contributed by atoms with Crippen LogP contribution in [0.3, 0.4) is 0 Å². The van der Waals surface area contributed by atoms with Gasteiger partial charge in [-0.05, 0) is 52.4 Å². The van der Waals surface area contributed by atoms with Crippen molar-refractivity contribution >= 4 is 33.2 Å². The van der Waals surface area contributed by atoms with Crippen molar-refractivity contribution in [3.63, 3.8) is 0 Å². The first-order valence-corrected chi connectivity index (χ1v) is 9.56. The molecule has 0 aliphatic carbocycles. The second kappa shape index (κ2) is 5.71. The summed E-state index contributed by atoms with van der Waals surface area (Å²) in [6, 6.07) is 10.6. The lowest BCUT2D eigenvalue weighted by Crippen LogP contribution is -2.38. The average molecular weight is 417 g/mol. The molecule has 0 radical (unpaired) electrons. The summed E-state index contributed by atoms with van der Waals surface area (Å²) in [6.45, 7) is 4.14. The van der Waals surface area contributed by atoms with Crippen molar-refractivity contribution in [1.29, 1.82) is 0 Å². The Morgan fingerprint density at radius 1 is 1.36 bits per heavy atom. The smallest absolute Gasteiger partial charge is 0.279 e. The number of nitrogens with zero attached hydrogens (tertiary/aromatic N) is 2. The van der Waals surface area contributed by atoms with Gasteiger partial charge in [-0.1, -0.05) is 29.8 Å². The third kappa shape index (κ3) is 2.67. The first kappa shape index (κ1) is 16.4. The van der Waals surface area contributed by atoms with Crippen LogP contribution < -0.4 is 11.3 Å². The maximum Gasteiger partial charge on any atom is 0.279 e. The van der Waals surface area contributed by atoms with Crippen LogP contribution in [-0.2, 0) is 12.0 Å². The molecule has 0 fully saturated rings. The third-order valence-corrected chi connectivity index (χ3v) is 6.52. The Morgan fingerprint density at radius 2 is 2.16 bits per heavy atom.